The number of nitrogens with one attached hydrogen (secondary N) is 1. The van der Waals surface area contributed by atoms with E-state index in [2.05, 4.69) is 5.32 Å². The van der Waals surface area contributed by atoms with Crippen molar-refractivity contribution in [3.63, 3.8) is 0 Å². The summed E-state index contributed by atoms with van der Waals surface area (Å²) in [5, 5.41) is 49.0. The Morgan fingerprint density at radius 3 is 1.75 bits per heavy atom. The minimum Gasteiger partial charge on any atom is -0.394 e. The molecule has 168 valence electrons. The number of carbonyl (C=O) groups excluding carboxylic acids is 1. The molecular weight excluding hydrogens is 378 g/mol. The van der Waals surface area contributed by atoms with Crippen LogP contribution in [0.2, 0.25) is 0 Å². The Kier molecular flexibility index (Phi) is 17.6. The Morgan fingerprint density at radius 2 is 1.25 bits per heavy atom. The average molecular weight is 413 g/mol. The molecule has 0 aliphatic rings. The third-order valence-electron chi connectivity index (χ3n) is 3.63. The number of amides is 1. The molecule has 0 saturated carbocycles. The first-order valence-electron chi connectivity index (χ1n) is 9.34. The lowest BCUT2D eigenvalue weighted by Crippen LogP contribution is -2.49. The SMILES string of the molecule is CCOCCOCCOCCOCCC(=O)NC[C@H](O)[C@@H](O)[C@H](O)[C@H](O)CO. The molecule has 0 aromatic rings. The van der Waals surface area contributed by atoms with E-state index in [9.17, 15) is 25.2 Å². The number of aliphatic hydroxyl groups is 5. The number of hydrogen-bond acceptors (Lipinski definition) is 10. The van der Waals surface area contributed by atoms with Gasteiger partial charge in [0.1, 0.15) is 18.3 Å². The van der Waals surface area contributed by atoms with Gasteiger partial charge < -0.3 is 49.8 Å². The maximum absolute atomic E-state index is 11.6. The number of ether oxygens (including phenoxy) is 4. The summed E-state index contributed by atoms with van der Waals surface area (Å²) < 4.78 is 20.9. The fourth-order valence-electron chi connectivity index (χ4n) is 1.96. The van der Waals surface area contributed by atoms with Crippen LogP contribution in [0.1, 0.15) is 13.3 Å². The van der Waals surface area contributed by atoms with Gasteiger partial charge in [0.2, 0.25) is 5.91 Å². The van der Waals surface area contributed by atoms with Crippen LogP contribution in [0.4, 0.5) is 0 Å². The monoisotopic (exact) mass is 413 g/mol. The van der Waals surface area contributed by atoms with Gasteiger partial charge >= 0.3 is 0 Å². The zero-order valence-corrected chi connectivity index (χ0v) is 16.4. The van der Waals surface area contributed by atoms with E-state index in [1.165, 1.54) is 0 Å². The lowest BCUT2D eigenvalue weighted by Gasteiger charge is -2.25. The Balaban J connectivity index is 3.55. The highest BCUT2D eigenvalue weighted by Gasteiger charge is 2.30. The molecule has 0 aliphatic heterocycles. The van der Waals surface area contributed by atoms with Crippen LogP contribution >= 0.6 is 0 Å². The summed E-state index contributed by atoms with van der Waals surface area (Å²) in [4.78, 5) is 11.6. The van der Waals surface area contributed by atoms with Gasteiger partial charge in [0, 0.05) is 19.6 Å². The summed E-state index contributed by atoms with van der Waals surface area (Å²) in [5.74, 6) is -0.410. The van der Waals surface area contributed by atoms with Crippen LogP contribution in [0.15, 0.2) is 0 Å². The predicted octanol–water partition coefficient (Wildman–Crippen LogP) is -2.99. The van der Waals surface area contributed by atoms with Crippen LogP contribution < -0.4 is 5.32 Å². The van der Waals surface area contributed by atoms with Crippen LogP contribution in [-0.4, -0.2) is 122 Å². The molecule has 0 radical (unpaired) electrons. The highest BCUT2D eigenvalue weighted by molar-refractivity contribution is 5.75. The van der Waals surface area contributed by atoms with Gasteiger partial charge in [-0.25, -0.2) is 0 Å². The molecule has 0 bridgehead atoms. The lowest BCUT2D eigenvalue weighted by atomic mass is 10.0. The number of hydrogen-bond donors (Lipinski definition) is 6. The lowest BCUT2D eigenvalue weighted by molar-refractivity contribution is -0.127. The molecule has 4 atom stereocenters. The van der Waals surface area contributed by atoms with Crippen LogP contribution in [0.25, 0.3) is 0 Å². The van der Waals surface area contributed by atoms with E-state index < -0.39 is 36.9 Å². The first-order valence-corrected chi connectivity index (χ1v) is 9.34. The minimum absolute atomic E-state index is 0.0468. The molecule has 28 heavy (non-hydrogen) atoms. The standard InChI is InChI=1S/C17H35NO10/c1-2-25-5-6-27-9-10-28-8-7-26-4-3-15(22)18-11-13(20)16(23)17(24)14(21)12-19/h13-14,16-17,19-21,23-24H,2-12H2,1H3,(H,18,22)/t13-,14+,16+,17+/m0/s1. The van der Waals surface area contributed by atoms with Gasteiger partial charge in [0.15, 0.2) is 0 Å². The van der Waals surface area contributed by atoms with Crippen molar-refractivity contribution in [3.8, 4) is 0 Å². The fraction of sp³-hybridized carbons (Fsp3) is 0.941. The molecule has 0 fully saturated rings. The summed E-state index contributed by atoms with van der Waals surface area (Å²) in [6.45, 7) is 4.32. The number of rotatable bonds is 19. The summed E-state index contributed by atoms with van der Waals surface area (Å²) in [6, 6.07) is 0. The second kappa shape index (κ2) is 18.2. The molecule has 0 saturated heterocycles. The Labute approximate surface area is 165 Å². The topological polar surface area (TPSA) is 167 Å². The van der Waals surface area contributed by atoms with Gasteiger partial charge in [0.05, 0.1) is 59.0 Å². The molecular formula is C17H35NO10. The van der Waals surface area contributed by atoms with E-state index in [-0.39, 0.29) is 19.6 Å². The average Bonchev–Trinajstić information content (AvgIpc) is 2.70. The summed E-state index contributed by atoms with van der Waals surface area (Å²) in [5.41, 5.74) is 0. The molecule has 6 N–H and O–H groups in total. The van der Waals surface area contributed by atoms with Crippen molar-refractivity contribution in [1.82, 2.24) is 5.32 Å². The second-order valence-electron chi connectivity index (χ2n) is 5.89. The summed E-state index contributed by atoms with van der Waals surface area (Å²) >= 11 is 0. The van der Waals surface area contributed by atoms with Gasteiger partial charge in [-0.15, -0.1) is 0 Å². The zero-order chi connectivity index (χ0) is 21.2. The maximum atomic E-state index is 11.6. The Hall–Kier alpha value is -0.890. The first-order chi connectivity index (χ1) is 13.4. The molecule has 11 nitrogen and oxygen atoms in total. The molecule has 1 amide bonds. The van der Waals surface area contributed by atoms with Gasteiger partial charge in [0.25, 0.3) is 0 Å². The second-order valence-corrected chi connectivity index (χ2v) is 5.89. The van der Waals surface area contributed by atoms with Crippen LogP contribution in [0.5, 0.6) is 0 Å². The summed E-state index contributed by atoms with van der Waals surface area (Å²) in [6.07, 6.45) is -6.47. The van der Waals surface area contributed by atoms with E-state index >= 15 is 0 Å². The van der Waals surface area contributed by atoms with Crippen LogP contribution in [0.3, 0.4) is 0 Å². The van der Waals surface area contributed by atoms with Crippen LogP contribution in [-0.2, 0) is 23.7 Å². The third kappa shape index (κ3) is 14.2. The zero-order valence-electron chi connectivity index (χ0n) is 16.4. The number of carbonyl (C=O) groups is 1. The van der Waals surface area contributed by atoms with Crippen molar-refractivity contribution in [1.29, 1.82) is 0 Å². The largest absolute Gasteiger partial charge is 0.394 e. The van der Waals surface area contributed by atoms with E-state index in [1.807, 2.05) is 6.92 Å². The van der Waals surface area contributed by atoms with E-state index in [0.29, 0.717) is 46.2 Å². The number of aliphatic hydroxyl groups excluding tert-OH is 5. The van der Waals surface area contributed by atoms with Crippen molar-refractivity contribution in [2.45, 2.75) is 37.8 Å². The van der Waals surface area contributed by atoms with Gasteiger partial charge in [-0.05, 0) is 6.92 Å². The van der Waals surface area contributed by atoms with Crippen molar-refractivity contribution in [3.05, 3.63) is 0 Å². The highest BCUT2D eigenvalue weighted by atomic mass is 16.6. The molecule has 0 aromatic carbocycles. The minimum atomic E-state index is -1.73. The van der Waals surface area contributed by atoms with Crippen LogP contribution in [0, 0.1) is 0 Å². The predicted molar refractivity (Wildman–Crippen MR) is 97.7 cm³/mol. The molecule has 0 unspecified atom stereocenters. The molecule has 0 spiro atoms. The van der Waals surface area contributed by atoms with Crippen molar-refractivity contribution in [2.75, 3.05) is 66.0 Å². The highest BCUT2D eigenvalue weighted by Crippen LogP contribution is 2.04. The molecule has 0 aromatic heterocycles. The van der Waals surface area contributed by atoms with Crippen molar-refractivity contribution in [2.24, 2.45) is 0 Å². The quantitative estimate of drug-likeness (QED) is 0.120. The molecule has 0 aliphatic carbocycles. The molecule has 0 rings (SSSR count). The first kappa shape index (κ1) is 27.1. The van der Waals surface area contributed by atoms with E-state index in [1.54, 1.807) is 0 Å². The Bertz CT molecular complexity index is 374. The van der Waals surface area contributed by atoms with Gasteiger partial charge in [-0.3, -0.25) is 4.79 Å². The molecule has 11 heteroatoms. The third-order valence-corrected chi connectivity index (χ3v) is 3.63. The normalized spacial score (nSPS) is 15.8. The summed E-state index contributed by atoms with van der Waals surface area (Å²) in [7, 11) is 0. The van der Waals surface area contributed by atoms with Crippen molar-refractivity contribution >= 4 is 5.91 Å². The van der Waals surface area contributed by atoms with E-state index in [4.69, 9.17) is 24.1 Å². The molecule has 0 heterocycles. The van der Waals surface area contributed by atoms with E-state index in [0.717, 1.165) is 0 Å². The van der Waals surface area contributed by atoms with Crippen molar-refractivity contribution < 1.29 is 49.3 Å². The fourth-order valence-corrected chi connectivity index (χ4v) is 1.96. The Morgan fingerprint density at radius 1 is 0.786 bits per heavy atom. The van der Waals surface area contributed by atoms with Gasteiger partial charge in [-0.1, -0.05) is 0 Å². The maximum Gasteiger partial charge on any atom is 0.222 e. The van der Waals surface area contributed by atoms with Gasteiger partial charge in [-0.2, -0.15) is 0 Å². The smallest absolute Gasteiger partial charge is 0.222 e.